The molecule has 0 amide bonds. The topological polar surface area (TPSA) is 37.4 Å². The zero-order valence-electron chi connectivity index (χ0n) is 8.59. The van der Waals surface area contributed by atoms with Crippen LogP contribution in [0.4, 0.5) is 0 Å². The zero-order valence-corrected chi connectivity index (χ0v) is 9.41. The average molecular weight is 225 g/mol. The molecule has 4 heteroatoms. The highest BCUT2D eigenvalue weighted by atomic mass is 32.2. The second-order valence-corrected chi connectivity index (χ2v) is 5.93. The van der Waals surface area contributed by atoms with E-state index < -0.39 is 10.0 Å². The Labute approximate surface area is 90.8 Å². The minimum absolute atomic E-state index is 0.305. The average Bonchev–Trinajstić information content (AvgIpc) is 2.23. The second kappa shape index (κ2) is 4.33. The van der Waals surface area contributed by atoms with Gasteiger partial charge in [-0.05, 0) is 18.4 Å². The molecule has 3 nitrogen and oxygen atoms in total. The van der Waals surface area contributed by atoms with Gasteiger partial charge >= 0.3 is 0 Å². The Morgan fingerprint density at radius 2 is 1.87 bits per heavy atom. The monoisotopic (exact) mass is 225 g/mol. The van der Waals surface area contributed by atoms with Crippen molar-refractivity contribution in [1.29, 1.82) is 0 Å². The fourth-order valence-electron chi connectivity index (χ4n) is 1.81. The van der Waals surface area contributed by atoms with Crippen LogP contribution >= 0.6 is 0 Å². The van der Waals surface area contributed by atoms with E-state index in [0.717, 1.165) is 18.4 Å². The number of hydrogen-bond acceptors (Lipinski definition) is 2. The largest absolute Gasteiger partial charge is 0.214 e. The quantitative estimate of drug-likeness (QED) is 0.767. The Morgan fingerprint density at radius 1 is 1.13 bits per heavy atom. The van der Waals surface area contributed by atoms with Gasteiger partial charge in [0.2, 0.25) is 10.0 Å². The summed E-state index contributed by atoms with van der Waals surface area (Å²) in [5.41, 5.74) is 1.06. The number of nitrogens with zero attached hydrogens (tertiary/aromatic N) is 1. The first-order valence-electron chi connectivity index (χ1n) is 5.20. The van der Waals surface area contributed by atoms with Crippen molar-refractivity contribution < 1.29 is 8.42 Å². The van der Waals surface area contributed by atoms with Gasteiger partial charge < -0.3 is 0 Å². The Bertz CT molecular complexity index is 413. The van der Waals surface area contributed by atoms with Crippen molar-refractivity contribution in [3.8, 4) is 0 Å². The minimum atomic E-state index is -2.99. The third kappa shape index (κ3) is 2.58. The van der Waals surface area contributed by atoms with Crippen LogP contribution in [-0.4, -0.2) is 25.0 Å². The molecule has 2 rings (SSSR count). The van der Waals surface area contributed by atoms with Crippen LogP contribution < -0.4 is 0 Å². The van der Waals surface area contributed by atoms with Crippen LogP contribution in [0.2, 0.25) is 0 Å². The summed E-state index contributed by atoms with van der Waals surface area (Å²) in [7, 11) is -2.99. The molecule has 1 aromatic carbocycles. The van der Waals surface area contributed by atoms with Gasteiger partial charge in [-0.3, -0.25) is 0 Å². The maximum Gasteiger partial charge on any atom is 0.214 e. The summed E-state index contributed by atoms with van der Waals surface area (Å²) < 4.78 is 25.0. The van der Waals surface area contributed by atoms with Gasteiger partial charge in [-0.25, -0.2) is 8.42 Å². The van der Waals surface area contributed by atoms with Gasteiger partial charge in [0.05, 0.1) is 5.75 Å². The van der Waals surface area contributed by atoms with Gasteiger partial charge in [0.25, 0.3) is 0 Å². The SMILES string of the molecule is O=S1(=O)CCCCN1Cc1ccccc1. The summed E-state index contributed by atoms with van der Waals surface area (Å²) in [6.07, 6.45) is 1.78. The van der Waals surface area contributed by atoms with E-state index in [-0.39, 0.29) is 0 Å². The zero-order chi connectivity index (χ0) is 10.7. The lowest BCUT2D eigenvalue weighted by Crippen LogP contribution is -2.37. The van der Waals surface area contributed by atoms with E-state index in [2.05, 4.69) is 0 Å². The van der Waals surface area contributed by atoms with Crippen molar-refractivity contribution >= 4 is 10.0 Å². The molecule has 1 heterocycles. The van der Waals surface area contributed by atoms with Crippen LogP contribution in [0.3, 0.4) is 0 Å². The molecule has 0 bridgehead atoms. The molecule has 15 heavy (non-hydrogen) atoms. The molecule has 0 aliphatic carbocycles. The fraction of sp³-hybridized carbons (Fsp3) is 0.455. The van der Waals surface area contributed by atoms with E-state index in [4.69, 9.17) is 0 Å². The standard InChI is InChI=1S/C11H15NO2S/c13-15(14)9-5-4-8-12(15)10-11-6-2-1-3-7-11/h1-3,6-7H,4-5,8-10H2. The smallest absolute Gasteiger partial charge is 0.212 e. The van der Waals surface area contributed by atoms with Crippen LogP contribution in [-0.2, 0) is 16.6 Å². The van der Waals surface area contributed by atoms with Crippen molar-refractivity contribution in [2.45, 2.75) is 19.4 Å². The molecule has 1 aliphatic rings. The highest BCUT2D eigenvalue weighted by Crippen LogP contribution is 2.16. The summed E-state index contributed by atoms with van der Waals surface area (Å²) in [5, 5.41) is 0. The molecule has 0 saturated carbocycles. The van der Waals surface area contributed by atoms with E-state index in [1.54, 1.807) is 4.31 Å². The Kier molecular flexibility index (Phi) is 3.07. The molecular formula is C11H15NO2S. The van der Waals surface area contributed by atoms with Gasteiger partial charge in [0.1, 0.15) is 0 Å². The van der Waals surface area contributed by atoms with Crippen molar-refractivity contribution in [2.24, 2.45) is 0 Å². The first-order chi connectivity index (χ1) is 7.18. The number of benzene rings is 1. The molecule has 1 aromatic rings. The normalized spacial score (nSPS) is 21.3. The Balaban J connectivity index is 2.12. The highest BCUT2D eigenvalue weighted by Gasteiger charge is 2.25. The van der Waals surface area contributed by atoms with Crippen molar-refractivity contribution in [2.75, 3.05) is 12.3 Å². The summed E-state index contributed by atoms with van der Waals surface area (Å²) in [5.74, 6) is 0.305. The molecule has 82 valence electrons. The van der Waals surface area contributed by atoms with Crippen LogP contribution in [0.5, 0.6) is 0 Å². The van der Waals surface area contributed by atoms with Gasteiger partial charge in [-0.2, -0.15) is 4.31 Å². The summed E-state index contributed by atoms with van der Waals surface area (Å²) in [6, 6.07) is 9.74. The van der Waals surface area contributed by atoms with E-state index in [1.807, 2.05) is 30.3 Å². The van der Waals surface area contributed by atoms with Crippen molar-refractivity contribution in [3.05, 3.63) is 35.9 Å². The predicted octanol–water partition coefficient (Wildman–Crippen LogP) is 1.61. The minimum Gasteiger partial charge on any atom is -0.212 e. The highest BCUT2D eigenvalue weighted by molar-refractivity contribution is 7.89. The molecule has 0 spiro atoms. The molecule has 0 N–H and O–H groups in total. The lowest BCUT2D eigenvalue weighted by Gasteiger charge is -2.26. The molecule has 0 aromatic heterocycles. The van der Waals surface area contributed by atoms with Gasteiger partial charge in [-0.15, -0.1) is 0 Å². The van der Waals surface area contributed by atoms with E-state index in [0.29, 0.717) is 18.8 Å². The third-order valence-corrected chi connectivity index (χ3v) is 4.56. The predicted molar refractivity (Wildman–Crippen MR) is 59.9 cm³/mol. The fourth-order valence-corrected chi connectivity index (χ4v) is 3.39. The number of hydrogen-bond donors (Lipinski definition) is 0. The molecular weight excluding hydrogens is 210 g/mol. The van der Waals surface area contributed by atoms with Gasteiger partial charge in [0, 0.05) is 13.1 Å². The molecule has 0 radical (unpaired) electrons. The van der Waals surface area contributed by atoms with Crippen LogP contribution in [0, 0.1) is 0 Å². The molecule has 1 saturated heterocycles. The van der Waals surface area contributed by atoms with Crippen molar-refractivity contribution in [1.82, 2.24) is 4.31 Å². The van der Waals surface area contributed by atoms with Crippen LogP contribution in [0.1, 0.15) is 18.4 Å². The first-order valence-corrected chi connectivity index (χ1v) is 6.81. The third-order valence-electron chi connectivity index (χ3n) is 2.65. The van der Waals surface area contributed by atoms with E-state index in [9.17, 15) is 8.42 Å². The maximum atomic E-state index is 11.7. The Hall–Kier alpha value is -0.870. The van der Waals surface area contributed by atoms with E-state index >= 15 is 0 Å². The van der Waals surface area contributed by atoms with Gasteiger partial charge in [0.15, 0.2) is 0 Å². The maximum absolute atomic E-state index is 11.7. The first kappa shape index (κ1) is 10.6. The van der Waals surface area contributed by atoms with Crippen LogP contribution in [0.25, 0.3) is 0 Å². The summed E-state index contributed by atoms with van der Waals surface area (Å²) in [6.45, 7) is 1.18. The van der Waals surface area contributed by atoms with E-state index in [1.165, 1.54) is 0 Å². The lowest BCUT2D eigenvalue weighted by molar-refractivity contribution is 0.378. The number of sulfonamides is 1. The molecule has 1 fully saturated rings. The summed E-state index contributed by atoms with van der Waals surface area (Å²) in [4.78, 5) is 0. The molecule has 0 unspecified atom stereocenters. The Morgan fingerprint density at radius 3 is 2.53 bits per heavy atom. The molecule has 0 atom stereocenters. The van der Waals surface area contributed by atoms with Crippen LogP contribution in [0.15, 0.2) is 30.3 Å². The molecule has 1 aliphatic heterocycles. The second-order valence-electron chi connectivity index (χ2n) is 3.84. The van der Waals surface area contributed by atoms with Crippen molar-refractivity contribution in [3.63, 3.8) is 0 Å². The lowest BCUT2D eigenvalue weighted by atomic mass is 10.2. The van der Waals surface area contributed by atoms with Gasteiger partial charge in [-0.1, -0.05) is 30.3 Å². The summed E-state index contributed by atoms with van der Waals surface area (Å²) >= 11 is 0. The number of rotatable bonds is 2.